The SMILES string of the molecule is CCCC1(C(=O)N2CC=C(C(F)(F)F)CC2)CCCNC1. The summed E-state index contributed by atoms with van der Waals surface area (Å²) in [5, 5.41) is 3.27. The predicted molar refractivity (Wildman–Crippen MR) is 74.8 cm³/mol. The van der Waals surface area contributed by atoms with Crippen LogP contribution in [0.2, 0.25) is 0 Å². The Bertz CT molecular complexity index is 406. The molecule has 1 amide bonds. The van der Waals surface area contributed by atoms with Crippen LogP contribution in [0.5, 0.6) is 0 Å². The molecule has 1 unspecified atom stereocenters. The normalized spacial score (nSPS) is 27.4. The molecular weight excluding hydrogens is 281 g/mol. The van der Waals surface area contributed by atoms with Crippen molar-refractivity contribution in [3.05, 3.63) is 11.6 Å². The Hall–Kier alpha value is -1.04. The molecule has 6 heteroatoms. The maximum absolute atomic E-state index is 12.8. The number of nitrogens with one attached hydrogen (secondary N) is 1. The third-order valence-electron chi connectivity index (χ3n) is 4.51. The number of piperidine rings is 1. The molecule has 0 aromatic heterocycles. The molecule has 2 aliphatic rings. The van der Waals surface area contributed by atoms with E-state index >= 15 is 0 Å². The lowest BCUT2D eigenvalue weighted by molar-refractivity contribution is -0.144. The second kappa shape index (κ2) is 6.38. The van der Waals surface area contributed by atoms with Crippen LogP contribution in [0.1, 0.15) is 39.0 Å². The molecule has 1 atom stereocenters. The lowest BCUT2D eigenvalue weighted by Gasteiger charge is -2.41. The average molecular weight is 304 g/mol. The van der Waals surface area contributed by atoms with E-state index in [4.69, 9.17) is 0 Å². The summed E-state index contributed by atoms with van der Waals surface area (Å²) in [5.74, 6) is 0.0222. The van der Waals surface area contributed by atoms with E-state index in [9.17, 15) is 18.0 Å². The zero-order chi connectivity index (χ0) is 15.5. The number of amides is 1. The minimum absolute atomic E-state index is 0.0222. The molecule has 0 radical (unpaired) electrons. The second-order valence-electron chi connectivity index (χ2n) is 6.04. The van der Waals surface area contributed by atoms with Gasteiger partial charge < -0.3 is 10.2 Å². The number of nitrogens with zero attached hydrogens (tertiary/aromatic N) is 1. The van der Waals surface area contributed by atoms with Gasteiger partial charge in [-0.05, 0) is 32.2 Å². The standard InChI is InChI=1S/C15H23F3N2O/c1-2-6-14(7-3-8-19-11-14)13(21)20-9-4-12(5-10-20)15(16,17)18/h4,19H,2-3,5-11H2,1H3. The van der Waals surface area contributed by atoms with Crippen molar-refractivity contribution >= 4 is 5.91 Å². The average Bonchev–Trinajstić information content (AvgIpc) is 2.47. The van der Waals surface area contributed by atoms with Gasteiger partial charge in [0.25, 0.3) is 0 Å². The van der Waals surface area contributed by atoms with Gasteiger partial charge in [0.1, 0.15) is 0 Å². The Balaban J connectivity index is 2.07. The van der Waals surface area contributed by atoms with Crippen LogP contribution in [0.3, 0.4) is 0 Å². The van der Waals surface area contributed by atoms with Crippen molar-refractivity contribution in [3.63, 3.8) is 0 Å². The molecule has 0 aliphatic carbocycles. The van der Waals surface area contributed by atoms with Gasteiger partial charge >= 0.3 is 6.18 Å². The summed E-state index contributed by atoms with van der Waals surface area (Å²) >= 11 is 0. The molecule has 0 spiro atoms. The van der Waals surface area contributed by atoms with Gasteiger partial charge in [0.15, 0.2) is 0 Å². The second-order valence-corrected chi connectivity index (χ2v) is 6.04. The minimum Gasteiger partial charge on any atom is -0.338 e. The molecule has 1 fully saturated rings. The van der Waals surface area contributed by atoms with E-state index in [0.29, 0.717) is 6.54 Å². The quantitative estimate of drug-likeness (QED) is 0.813. The number of halogens is 3. The topological polar surface area (TPSA) is 32.3 Å². The Kier molecular flexibility index (Phi) is 4.96. The molecule has 21 heavy (non-hydrogen) atoms. The minimum atomic E-state index is -4.26. The van der Waals surface area contributed by atoms with E-state index in [0.717, 1.165) is 38.3 Å². The highest BCUT2D eigenvalue weighted by Gasteiger charge is 2.43. The van der Waals surface area contributed by atoms with Gasteiger partial charge in [0.2, 0.25) is 5.91 Å². The van der Waals surface area contributed by atoms with Crippen LogP contribution >= 0.6 is 0 Å². The van der Waals surface area contributed by atoms with Crippen LogP contribution < -0.4 is 5.32 Å². The summed E-state index contributed by atoms with van der Waals surface area (Å²) in [7, 11) is 0. The van der Waals surface area contributed by atoms with Crippen molar-refractivity contribution in [2.45, 2.75) is 45.2 Å². The van der Waals surface area contributed by atoms with Crippen LogP contribution in [0.25, 0.3) is 0 Å². The van der Waals surface area contributed by atoms with E-state index < -0.39 is 17.2 Å². The Morgan fingerprint density at radius 1 is 1.48 bits per heavy atom. The predicted octanol–water partition coefficient (Wildman–Crippen LogP) is 2.88. The fourth-order valence-electron chi connectivity index (χ4n) is 3.40. The van der Waals surface area contributed by atoms with Crippen molar-refractivity contribution in [2.75, 3.05) is 26.2 Å². The van der Waals surface area contributed by atoms with Crippen molar-refractivity contribution in [3.8, 4) is 0 Å². The van der Waals surface area contributed by atoms with E-state index in [1.165, 1.54) is 0 Å². The van der Waals surface area contributed by atoms with E-state index in [-0.39, 0.29) is 25.4 Å². The molecule has 2 aliphatic heterocycles. The Labute approximate surface area is 123 Å². The molecule has 0 aromatic rings. The van der Waals surface area contributed by atoms with Crippen molar-refractivity contribution in [2.24, 2.45) is 5.41 Å². The molecule has 0 aromatic carbocycles. The number of rotatable bonds is 3. The van der Waals surface area contributed by atoms with E-state index in [1.807, 2.05) is 6.92 Å². The first-order chi connectivity index (χ1) is 9.89. The third-order valence-corrected chi connectivity index (χ3v) is 4.51. The maximum atomic E-state index is 12.8. The largest absolute Gasteiger partial charge is 0.412 e. The molecule has 1 N–H and O–H groups in total. The van der Waals surface area contributed by atoms with Crippen LogP contribution in [0.15, 0.2) is 11.6 Å². The highest BCUT2D eigenvalue weighted by Crippen LogP contribution is 2.36. The summed E-state index contributed by atoms with van der Waals surface area (Å²) in [6, 6.07) is 0. The summed E-state index contributed by atoms with van der Waals surface area (Å²) in [4.78, 5) is 14.4. The van der Waals surface area contributed by atoms with Crippen molar-refractivity contribution in [1.29, 1.82) is 0 Å². The monoisotopic (exact) mass is 304 g/mol. The first-order valence-corrected chi connectivity index (χ1v) is 7.65. The zero-order valence-corrected chi connectivity index (χ0v) is 12.4. The van der Waals surface area contributed by atoms with Gasteiger partial charge in [-0.2, -0.15) is 13.2 Å². The fraction of sp³-hybridized carbons (Fsp3) is 0.800. The van der Waals surface area contributed by atoms with Gasteiger partial charge in [0, 0.05) is 25.2 Å². The highest BCUT2D eigenvalue weighted by atomic mass is 19.4. The maximum Gasteiger partial charge on any atom is 0.412 e. The number of carbonyl (C=O) groups excluding carboxylic acids is 1. The summed E-state index contributed by atoms with van der Waals surface area (Å²) in [6.07, 6.45) is 0.295. The summed E-state index contributed by atoms with van der Waals surface area (Å²) in [5.41, 5.74) is -0.922. The lowest BCUT2D eigenvalue weighted by Crippen LogP contribution is -2.53. The number of carbonyl (C=O) groups is 1. The van der Waals surface area contributed by atoms with Gasteiger partial charge in [-0.1, -0.05) is 19.4 Å². The van der Waals surface area contributed by atoms with Gasteiger partial charge in [-0.3, -0.25) is 4.79 Å². The third kappa shape index (κ3) is 3.59. The Morgan fingerprint density at radius 3 is 2.71 bits per heavy atom. The van der Waals surface area contributed by atoms with E-state index in [1.54, 1.807) is 4.90 Å². The number of hydrogen-bond donors (Lipinski definition) is 1. The molecule has 0 saturated carbocycles. The van der Waals surface area contributed by atoms with E-state index in [2.05, 4.69) is 5.32 Å². The van der Waals surface area contributed by atoms with Gasteiger partial charge in [-0.15, -0.1) is 0 Å². The van der Waals surface area contributed by atoms with Crippen LogP contribution in [-0.4, -0.2) is 43.2 Å². The summed E-state index contributed by atoms with van der Waals surface area (Å²) < 4.78 is 37.9. The molecule has 2 rings (SSSR count). The van der Waals surface area contributed by atoms with Gasteiger partial charge in [-0.25, -0.2) is 0 Å². The van der Waals surface area contributed by atoms with Gasteiger partial charge in [0.05, 0.1) is 5.41 Å². The number of alkyl halides is 3. The molecule has 2 heterocycles. The summed E-state index contributed by atoms with van der Waals surface area (Å²) in [6.45, 7) is 3.86. The van der Waals surface area contributed by atoms with Crippen LogP contribution in [-0.2, 0) is 4.79 Å². The molecule has 1 saturated heterocycles. The first-order valence-electron chi connectivity index (χ1n) is 7.65. The van der Waals surface area contributed by atoms with Crippen LogP contribution in [0.4, 0.5) is 13.2 Å². The Morgan fingerprint density at radius 2 is 2.24 bits per heavy atom. The molecular formula is C15H23F3N2O. The molecule has 0 bridgehead atoms. The first kappa shape index (κ1) is 16.3. The lowest BCUT2D eigenvalue weighted by atomic mass is 9.75. The zero-order valence-electron chi connectivity index (χ0n) is 12.4. The highest BCUT2D eigenvalue weighted by molar-refractivity contribution is 5.83. The fourth-order valence-corrected chi connectivity index (χ4v) is 3.40. The van der Waals surface area contributed by atoms with Crippen LogP contribution in [0, 0.1) is 5.41 Å². The smallest absolute Gasteiger partial charge is 0.338 e. The van der Waals surface area contributed by atoms with Crippen molar-refractivity contribution < 1.29 is 18.0 Å². The number of hydrogen-bond acceptors (Lipinski definition) is 2. The molecule has 120 valence electrons. The molecule has 3 nitrogen and oxygen atoms in total. The van der Waals surface area contributed by atoms with Crippen molar-refractivity contribution in [1.82, 2.24) is 10.2 Å².